The van der Waals surface area contributed by atoms with Crippen LogP contribution < -0.4 is 16.0 Å². The molecule has 1 aromatic carbocycles. The summed E-state index contributed by atoms with van der Waals surface area (Å²) in [7, 11) is -1.38. The van der Waals surface area contributed by atoms with Crippen molar-refractivity contribution >= 4 is 15.8 Å². The number of hydrogen-bond donors (Lipinski definition) is 1. The van der Waals surface area contributed by atoms with Crippen LogP contribution in [-0.4, -0.2) is 22.8 Å². The van der Waals surface area contributed by atoms with Crippen LogP contribution in [0.1, 0.15) is 25.3 Å². The van der Waals surface area contributed by atoms with Gasteiger partial charge in [0.2, 0.25) is 5.82 Å². The topological polar surface area (TPSA) is 103 Å². The minimum Gasteiger partial charge on any atom is -0.265 e. The van der Waals surface area contributed by atoms with Gasteiger partial charge in [0.25, 0.3) is 15.6 Å². The predicted molar refractivity (Wildman–Crippen MR) is 86.1 cm³/mol. The van der Waals surface area contributed by atoms with Gasteiger partial charge in [-0.1, -0.05) is 26.0 Å². The summed E-state index contributed by atoms with van der Waals surface area (Å²) in [6.45, 7) is 4.00. The van der Waals surface area contributed by atoms with E-state index in [-0.39, 0.29) is 10.8 Å². The molecule has 1 aromatic heterocycles. The maximum absolute atomic E-state index is 12.4. The van der Waals surface area contributed by atoms with Crippen LogP contribution >= 0.6 is 0 Å². The minimum atomic E-state index is -3.97. The average molecular weight is 338 g/mol. The number of aromatic nitrogens is 3. The van der Waals surface area contributed by atoms with Gasteiger partial charge in [0.1, 0.15) is 0 Å². The number of hydrogen-bond acceptors (Lipinski definition) is 5. The maximum atomic E-state index is 12.4. The molecule has 0 fully saturated rings. The first-order chi connectivity index (χ1) is 10.6. The summed E-state index contributed by atoms with van der Waals surface area (Å²) in [4.78, 5) is 23.5. The largest absolute Gasteiger partial charge is 0.346 e. The van der Waals surface area contributed by atoms with Gasteiger partial charge in [-0.3, -0.25) is 14.1 Å². The Morgan fingerprint density at radius 2 is 1.65 bits per heavy atom. The summed E-state index contributed by atoms with van der Waals surface area (Å²) in [6, 6.07) is 6.35. The molecular weight excluding hydrogens is 320 g/mol. The van der Waals surface area contributed by atoms with E-state index in [9.17, 15) is 18.0 Å². The van der Waals surface area contributed by atoms with Gasteiger partial charge in [-0.2, -0.15) is 0 Å². The van der Waals surface area contributed by atoms with Crippen molar-refractivity contribution in [2.45, 2.75) is 24.7 Å². The lowest BCUT2D eigenvalue weighted by atomic mass is 10.0. The lowest BCUT2D eigenvalue weighted by Gasteiger charge is -2.10. The minimum absolute atomic E-state index is 0.0135. The van der Waals surface area contributed by atoms with Gasteiger partial charge in [-0.05, 0) is 23.6 Å². The zero-order valence-corrected chi connectivity index (χ0v) is 14.1. The molecule has 124 valence electrons. The molecule has 0 aliphatic heterocycles. The molecule has 0 aliphatic rings. The van der Waals surface area contributed by atoms with E-state index in [4.69, 9.17) is 0 Å². The second kappa shape index (κ2) is 5.99. The molecule has 1 heterocycles. The summed E-state index contributed by atoms with van der Waals surface area (Å²) in [5.41, 5.74) is -0.449. The SMILES string of the molecule is CC(C)c1ccc(S(=O)(=O)Nc2nn(C)c(=O)n(C)c2=O)cc1. The van der Waals surface area contributed by atoms with E-state index in [0.29, 0.717) is 0 Å². The lowest BCUT2D eigenvalue weighted by Crippen LogP contribution is -2.40. The van der Waals surface area contributed by atoms with Crippen LogP contribution in [0, 0.1) is 0 Å². The molecule has 0 saturated carbocycles. The van der Waals surface area contributed by atoms with Crippen molar-refractivity contribution < 1.29 is 8.42 Å². The first-order valence-corrected chi connectivity index (χ1v) is 8.39. The summed E-state index contributed by atoms with van der Waals surface area (Å²) in [5.74, 6) is -0.153. The predicted octanol–water partition coefficient (Wildman–Crippen LogP) is 0.403. The van der Waals surface area contributed by atoms with Crippen LogP contribution in [0.15, 0.2) is 38.8 Å². The highest BCUT2D eigenvalue weighted by atomic mass is 32.2. The third-order valence-corrected chi connectivity index (χ3v) is 4.76. The third kappa shape index (κ3) is 3.34. The number of aryl methyl sites for hydroxylation is 1. The van der Waals surface area contributed by atoms with E-state index in [1.54, 1.807) is 12.1 Å². The molecule has 0 unspecified atom stereocenters. The molecule has 0 spiro atoms. The molecule has 23 heavy (non-hydrogen) atoms. The molecule has 2 aromatic rings. The molecule has 0 saturated heterocycles. The number of rotatable bonds is 4. The van der Waals surface area contributed by atoms with Crippen molar-refractivity contribution in [2.75, 3.05) is 4.72 Å². The maximum Gasteiger partial charge on any atom is 0.346 e. The van der Waals surface area contributed by atoms with Crippen molar-refractivity contribution in [2.24, 2.45) is 14.1 Å². The van der Waals surface area contributed by atoms with Crippen LogP contribution in [0.4, 0.5) is 5.82 Å². The molecule has 1 N–H and O–H groups in total. The highest BCUT2D eigenvalue weighted by Crippen LogP contribution is 2.18. The lowest BCUT2D eigenvalue weighted by molar-refractivity contribution is 0.593. The molecular formula is C14H18N4O4S. The Hall–Kier alpha value is -2.42. The van der Waals surface area contributed by atoms with Gasteiger partial charge in [0.05, 0.1) is 4.90 Å². The second-order valence-electron chi connectivity index (χ2n) is 5.45. The van der Waals surface area contributed by atoms with Crippen LogP contribution in [-0.2, 0) is 24.1 Å². The first kappa shape index (κ1) is 16.9. The number of benzene rings is 1. The Labute approximate surface area is 133 Å². The molecule has 0 aliphatic carbocycles. The number of nitrogens with zero attached hydrogens (tertiary/aromatic N) is 3. The zero-order valence-electron chi connectivity index (χ0n) is 13.3. The molecule has 2 rings (SSSR count). The van der Waals surface area contributed by atoms with E-state index >= 15 is 0 Å². The van der Waals surface area contributed by atoms with Crippen molar-refractivity contribution in [1.29, 1.82) is 0 Å². The number of anilines is 1. The van der Waals surface area contributed by atoms with Gasteiger partial charge in [-0.25, -0.2) is 17.9 Å². The highest BCUT2D eigenvalue weighted by Gasteiger charge is 2.19. The molecule has 9 heteroatoms. The van der Waals surface area contributed by atoms with Crippen molar-refractivity contribution in [3.8, 4) is 0 Å². The number of sulfonamides is 1. The summed E-state index contributed by atoms with van der Waals surface area (Å²) < 4.78 is 28.5. The van der Waals surface area contributed by atoms with Gasteiger partial charge in [0.15, 0.2) is 0 Å². The highest BCUT2D eigenvalue weighted by molar-refractivity contribution is 7.92. The molecule has 0 amide bonds. The Balaban J connectivity index is 2.43. The molecule has 8 nitrogen and oxygen atoms in total. The summed E-state index contributed by atoms with van der Waals surface area (Å²) in [5, 5.41) is 3.67. The molecule has 0 atom stereocenters. The Morgan fingerprint density at radius 1 is 1.09 bits per heavy atom. The Morgan fingerprint density at radius 3 is 2.17 bits per heavy atom. The van der Waals surface area contributed by atoms with E-state index in [2.05, 4.69) is 9.82 Å². The van der Waals surface area contributed by atoms with Crippen LogP contribution in [0.25, 0.3) is 0 Å². The Kier molecular flexibility index (Phi) is 4.42. The first-order valence-electron chi connectivity index (χ1n) is 6.90. The fourth-order valence-electron chi connectivity index (χ4n) is 1.98. The van der Waals surface area contributed by atoms with Crippen molar-refractivity contribution in [3.05, 3.63) is 50.7 Å². The van der Waals surface area contributed by atoms with Crippen LogP contribution in [0.3, 0.4) is 0 Å². The van der Waals surface area contributed by atoms with E-state index in [0.717, 1.165) is 14.8 Å². The van der Waals surface area contributed by atoms with Crippen LogP contribution in [0.5, 0.6) is 0 Å². The standard InChI is InChI=1S/C14H18N4O4S/c1-9(2)10-5-7-11(8-6-10)23(21,22)16-12-13(19)17(3)14(20)18(4)15-12/h5-9H,1-4H3,(H,15,16). The smallest absolute Gasteiger partial charge is 0.265 e. The van der Waals surface area contributed by atoms with E-state index in [1.165, 1.54) is 26.2 Å². The quantitative estimate of drug-likeness (QED) is 0.869. The van der Waals surface area contributed by atoms with Gasteiger partial charge >= 0.3 is 5.69 Å². The summed E-state index contributed by atoms with van der Waals surface area (Å²) >= 11 is 0. The van der Waals surface area contributed by atoms with Crippen molar-refractivity contribution in [3.63, 3.8) is 0 Å². The normalized spacial score (nSPS) is 11.7. The van der Waals surface area contributed by atoms with Gasteiger partial charge < -0.3 is 0 Å². The molecule has 0 bridgehead atoms. The van der Waals surface area contributed by atoms with Gasteiger partial charge in [-0.15, -0.1) is 5.10 Å². The molecule has 0 radical (unpaired) electrons. The van der Waals surface area contributed by atoms with Gasteiger partial charge in [0, 0.05) is 14.1 Å². The van der Waals surface area contributed by atoms with Crippen LogP contribution in [0.2, 0.25) is 0 Å². The average Bonchev–Trinajstić information content (AvgIpc) is 2.50. The summed E-state index contributed by atoms with van der Waals surface area (Å²) in [6.07, 6.45) is 0. The van der Waals surface area contributed by atoms with E-state index < -0.39 is 27.1 Å². The number of nitrogens with one attached hydrogen (secondary N) is 1. The fourth-order valence-corrected chi connectivity index (χ4v) is 2.98. The second-order valence-corrected chi connectivity index (χ2v) is 7.13. The van der Waals surface area contributed by atoms with E-state index in [1.807, 2.05) is 13.8 Å². The third-order valence-electron chi connectivity index (χ3n) is 3.41. The fraction of sp³-hybridized carbons (Fsp3) is 0.357. The zero-order chi connectivity index (χ0) is 17.4. The monoisotopic (exact) mass is 338 g/mol. The van der Waals surface area contributed by atoms with Crippen molar-refractivity contribution in [1.82, 2.24) is 14.3 Å². The Bertz CT molecular complexity index is 940.